The fourth-order valence-corrected chi connectivity index (χ4v) is 3.60. The summed E-state index contributed by atoms with van der Waals surface area (Å²) in [7, 11) is 0. The minimum Gasteiger partial charge on any atom is -0.380 e. The first-order chi connectivity index (χ1) is 14.8. The van der Waals surface area contributed by atoms with Crippen molar-refractivity contribution in [3.05, 3.63) is 53.9 Å². The van der Waals surface area contributed by atoms with Crippen molar-refractivity contribution in [1.29, 1.82) is 0 Å². The largest absolute Gasteiger partial charge is 0.380 e. The molecule has 6 N–H and O–H groups in total. The molecule has 0 unspecified atom stereocenters. The molecule has 1 aromatic carbocycles. The molecule has 160 valence electrons. The summed E-state index contributed by atoms with van der Waals surface area (Å²) in [5.74, 6) is -0.963. The topological polar surface area (TPSA) is 145 Å². The van der Waals surface area contributed by atoms with Crippen LogP contribution in [0.4, 0.5) is 5.69 Å². The highest BCUT2D eigenvalue weighted by Gasteiger charge is 2.29. The highest BCUT2D eigenvalue weighted by molar-refractivity contribution is 6.02. The number of nitrogens with one attached hydrogen (secondary N) is 2. The first kappa shape index (κ1) is 20.4. The number of aromatic nitrogens is 2. The number of nitrogens with two attached hydrogens (primary N) is 2. The second kappa shape index (κ2) is 8.10. The third-order valence-electron chi connectivity index (χ3n) is 5.48. The lowest BCUT2D eigenvalue weighted by Gasteiger charge is -2.17. The molecular weight excluding hydrogens is 396 g/mol. The summed E-state index contributed by atoms with van der Waals surface area (Å²) < 4.78 is 1.68. The van der Waals surface area contributed by atoms with Crippen molar-refractivity contribution in [2.75, 3.05) is 11.9 Å². The smallest absolute Gasteiger partial charge is 0.252 e. The van der Waals surface area contributed by atoms with Gasteiger partial charge in [-0.25, -0.2) is 4.52 Å². The summed E-state index contributed by atoms with van der Waals surface area (Å²) in [6.07, 6.45) is 5.62. The van der Waals surface area contributed by atoms with Gasteiger partial charge in [0.1, 0.15) is 0 Å². The Labute approximate surface area is 178 Å². The van der Waals surface area contributed by atoms with Crippen LogP contribution in [0.15, 0.2) is 42.7 Å². The molecule has 3 aromatic rings. The lowest BCUT2D eigenvalue weighted by atomic mass is 10.0. The van der Waals surface area contributed by atoms with Crippen LogP contribution in [0.5, 0.6) is 0 Å². The van der Waals surface area contributed by atoms with E-state index in [1.165, 1.54) is 6.20 Å². The van der Waals surface area contributed by atoms with E-state index < -0.39 is 11.8 Å². The summed E-state index contributed by atoms with van der Waals surface area (Å²) in [6, 6.07) is 9.12. The Bertz CT molecular complexity index is 1180. The van der Waals surface area contributed by atoms with Crippen molar-refractivity contribution in [2.24, 2.45) is 17.4 Å². The number of hydrogen-bond acceptors (Lipinski definition) is 5. The molecule has 31 heavy (non-hydrogen) atoms. The van der Waals surface area contributed by atoms with Crippen LogP contribution in [-0.4, -0.2) is 39.9 Å². The molecule has 0 bridgehead atoms. The molecule has 2 heterocycles. The number of anilines is 1. The van der Waals surface area contributed by atoms with Gasteiger partial charge in [0.05, 0.1) is 29.5 Å². The van der Waals surface area contributed by atoms with Crippen molar-refractivity contribution < 1.29 is 14.4 Å². The Morgan fingerprint density at radius 2 is 1.97 bits per heavy atom. The number of carbonyl (C=O) groups excluding carboxylic acids is 3. The number of primary amides is 2. The maximum Gasteiger partial charge on any atom is 0.252 e. The number of hydrogen-bond donors (Lipinski definition) is 4. The van der Waals surface area contributed by atoms with Gasteiger partial charge in [-0.15, -0.1) is 0 Å². The van der Waals surface area contributed by atoms with Gasteiger partial charge in [-0.2, -0.15) is 5.10 Å². The van der Waals surface area contributed by atoms with Gasteiger partial charge in [-0.05, 0) is 49.4 Å². The Kier molecular flexibility index (Phi) is 5.33. The minimum atomic E-state index is -0.611. The predicted octanol–water partition coefficient (Wildman–Crippen LogP) is 1.53. The van der Waals surface area contributed by atoms with Gasteiger partial charge in [-0.3, -0.25) is 14.4 Å². The van der Waals surface area contributed by atoms with E-state index in [2.05, 4.69) is 22.7 Å². The van der Waals surface area contributed by atoms with Gasteiger partial charge in [0.2, 0.25) is 5.91 Å². The molecule has 0 radical (unpaired) electrons. The fourth-order valence-electron chi connectivity index (χ4n) is 3.60. The van der Waals surface area contributed by atoms with Crippen molar-refractivity contribution in [3.63, 3.8) is 0 Å². The maximum atomic E-state index is 12.3. The number of carbonyl (C=O) groups is 3. The zero-order valence-electron chi connectivity index (χ0n) is 17.1. The standard InChI is InChI=1S/C22H24N6O3/c1-12(13-5-6-13)27-20-17(21(24)30)9-26-28-11-16(8-18(20)28)14-3-2-4-15(7-14)22(31)25-10-19(23)29/h2-4,7-9,11-13,27H,5-6,10H2,1H3,(H2,23,29)(H2,24,30)(H,25,31)/t12-/m1/s1. The van der Waals surface area contributed by atoms with Gasteiger partial charge < -0.3 is 22.1 Å². The van der Waals surface area contributed by atoms with E-state index in [1.807, 2.05) is 18.3 Å². The Balaban J connectivity index is 1.71. The van der Waals surface area contributed by atoms with Crippen LogP contribution in [0.3, 0.4) is 0 Å². The molecule has 4 rings (SSSR count). The molecule has 0 saturated heterocycles. The summed E-state index contributed by atoms with van der Waals surface area (Å²) in [6.45, 7) is 1.87. The molecule has 1 atom stereocenters. The van der Waals surface area contributed by atoms with E-state index in [0.29, 0.717) is 22.7 Å². The Morgan fingerprint density at radius 1 is 1.19 bits per heavy atom. The molecule has 1 fully saturated rings. The number of rotatable bonds is 8. The van der Waals surface area contributed by atoms with E-state index in [1.54, 1.807) is 22.7 Å². The lowest BCUT2D eigenvalue weighted by Crippen LogP contribution is -2.33. The molecule has 2 aromatic heterocycles. The molecule has 0 spiro atoms. The molecular formula is C22H24N6O3. The van der Waals surface area contributed by atoms with Gasteiger partial charge in [-0.1, -0.05) is 12.1 Å². The summed E-state index contributed by atoms with van der Waals surface area (Å²) >= 11 is 0. The minimum absolute atomic E-state index is 0.208. The first-order valence-corrected chi connectivity index (χ1v) is 10.1. The number of fused-ring (bicyclic) bond motifs is 1. The van der Waals surface area contributed by atoms with Crippen molar-refractivity contribution >= 4 is 28.9 Å². The van der Waals surface area contributed by atoms with E-state index >= 15 is 0 Å². The van der Waals surface area contributed by atoms with Crippen molar-refractivity contribution in [2.45, 2.75) is 25.8 Å². The SMILES string of the molecule is C[C@@H](Nc1c(C(N)=O)cnn2cc(-c3cccc(C(=O)NCC(N)=O)c3)cc12)C1CC1. The van der Waals surface area contributed by atoms with Crippen molar-refractivity contribution in [3.8, 4) is 11.1 Å². The molecule has 9 nitrogen and oxygen atoms in total. The third kappa shape index (κ3) is 4.35. The Hall–Kier alpha value is -3.88. The second-order valence-electron chi connectivity index (χ2n) is 7.86. The zero-order valence-corrected chi connectivity index (χ0v) is 17.1. The summed E-state index contributed by atoms with van der Waals surface area (Å²) in [4.78, 5) is 35.2. The van der Waals surface area contributed by atoms with Crippen LogP contribution in [0, 0.1) is 5.92 Å². The van der Waals surface area contributed by atoms with Crippen LogP contribution in [-0.2, 0) is 4.79 Å². The molecule has 3 amide bonds. The second-order valence-corrected chi connectivity index (χ2v) is 7.86. The van der Waals surface area contributed by atoms with Crippen molar-refractivity contribution in [1.82, 2.24) is 14.9 Å². The summed E-state index contributed by atoms with van der Waals surface area (Å²) in [5.41, 5.74) is 14.4. The van der Waals surface area contributed by atoms with Crippen LogP contribution < -0.4 is 22.1 Å². The number of amides is 3. The molecule has 9 heteroatoms. The summed E-state index contributed by atoms with van der Waals surface area (Å²) in [5, 5.41) is 10.3. The predicted molar refractivity (Wildman–Crippen MR) is 116 cm³/mol. The van der Waals surface area contributed by atoms with Crippen LogP contribution >= 0.6 is 0 Å². The van der Waals surface area contributed by atoms with Gasteiger partial charge in [0, 0.05) is 23.4 Å². The van der Waals surface area contributed by atoms with Crippen LogP contribution in [0.25, 0.3) is 16.6 Å². The van der Waals surface area contributed by atoms with E-state index in [0.717, 1.165) is 29.5 Å². The molecule has 1 aliphatic rings. The lowest BCUT2D eigenvalue weighted by molar-refractivity contribution is -0.117. The molecule has 1 aliphatic carbocycles. The van der Waals surface area contributed by atoms with Crippen LogP contribution in [0.2, 0.25) is 0 Å². The Morgan fingerprint density at radius 3 is 2.65 bits per heavy atom. The number of nitrogens with zero attached hydrogens (tertiary/aromatic N) is 2. The highest BCUT2D eigenvalue weighted by atomic mass is 16.2. The normalized spacial score (nSPS) is 14.2. The molecule has 0 aliphatic heterocycles. The van der Waals surface area contributed by atoms with Crippen LogP contribution in [0.1, 0.15) is 40.5 Å². The van der Waals surface area contributed by atoms with Gasteiger partial charge in [0.15, 0.2) is 0 Å². The first-order valence-electron chi connectivity index (χ1n) is 10.1. The van der Waals surface area contributed by atoms with Gasteiger partial charge >= 0.3 is 0 Å². The van der Waals surface area contributed by atoms with Gasteiger partial charge in [0.25, 0.3) is 11.8 Å². The molecule has 1 saturated carbocycles. The zero-order chi connectivity index (χ0) is 22.1. The fraction of sp³-hybridized carbons (Fsp3) is 0.273. The van der Waals surface area contributed by atoms with E-state index in [9.17, 15) is 14.4 Å². The maximum absolute atomic E-state index is 12.3. The average Bonchev–Trinajstić information content (AvgIpc) is 3.50. The van der Waals surface area contributed by atoms with E-state index in [-0.39, 0.29) is 18.5 Å². The third-order valence-corrected chi connectivity index (χ3v) is 5.48. The average molecular weight is 420 g/mol. The van der Waals surface area contributed by atoms with E-state index in [4.69, 9.17) is 11.5 Å². The monoisotopic (exact) mass is 420 g/mol. The quantitative estimate of drug-likeness (QED) is 0.437. The highest BCUT2D eigenvalue weighted by Crippen LogP contribution is 2.36. The number of benzene rings is 1.